The number of aromatic amines is 1. The molecule has 0 aliphatic heterocycles. The molecule has 0 aliphatic rings. The van der Waals surface area contributed by atoms with E-state index in [1.54, 1.807) is 18.2 Å². The molecule has 5 heteroatoms. The number of hydrogen-bond donors (Lipinski definition) is 3. The lowest BCUT2D eigenvalue weighted by Crippen LogP contribution is -1.79. The molecule has 0 fully saturated rings. The van der Waals surface area contributed by atoms with Crippen LogP contribution in [-0.2, 0) is 0 Å². The van der Waals surface area contributed by atoms with Crippen molar-refractivity contribution in [1.82, 2.24) is 10.1 Å². The summed E-state index contributed by atoms with van der Waals surface area (Å²) in [6, 6.07) is 6.97. The molecule has 0 aliphatic carbocycles. The summed E-state index contributed by atoms with van der Waals surface area (Å²) in [5.41, 5.74) is 8.72. The second kappa shape index (κ2) is 3.28. The maximum atomic E-state index is 9.92. The lowest BCUT2D eigenvalue weighted by molar-refractivity contribution is 0.439. The van der Waals surface area contributed by atoms with Gasteiger partial charge in [0.1, 0.15) is 11.4 Å². The molecule has 0 radical (unpaired) electrons. The predicted octanol–water partition coefficient (Wildman–Crippen LogP) is 2.42. The summed E-state index contributed by atoms with van der Waals surface area (Å²) in [7, 11) is 0. The lowest BCUT2D eigenvalue weighted by atomic mass is 10.1. The number of H-pyrrole nitrogens is 1. The van der Waals surface area contributed by atoms with E-state index in [-0.39, 0.29) is 11.6 Å². The largest absolute Gasteiger partial charge is 0.507 e. The molecule has 17 heavy (non-hydrogen) atoms. The molecule has 0 bridgehead atoms. The summed E-state index contributed by atoms with van der Waals surface area (Å²) in [4.78, 5) is 3.19. The van der Waals surface area contributed by atoms with E-state index in [0.717, 1.165) is 22.2 Å². The summed E-state index contributed by atoms with van der Waals surface area (Å²) in [6.07, 6.45) is 0. The Morgan fingerprint density at radius 2 is 2.24 bits per heavy atom. The van der Waals surface area contributed by atoms with Crippen molar-refractivity contribution in [2.24, 2.45) is 0 Å². The van der Waals surface area contributed by atoms with E-state index < -0.39 is 0 Å². The molecule has 0 spiro atoms. The highest BCUT2D eigenvalue weighted by Gasteiger charge is 2.16. The van der Waals surface area contributed by atoms with Crippen LogP contribution in [0.3, 0.4) is 0 Å². The smallest absolute Gasteiger partial charge is 0.222 e. The van der Waals surface area contributed by atoms with Crippen molar-refractivity contribution in [1.29, 1.82) is 0 Å². The number of benzene rings is 1. The van der Waals surface area contributed by atoms with Gasteiger partial charge in [0.2, 0.25) is 5.88 Å². The third-order valence-electron chi connectivity index (χ3n) is 2.77. The minimum Gasteiger partial charge on any atom is -0.507 e. The summed E-state index contributed by atoms with van der Waals surface area (Å²) in [5.74, 6) is 0.465. The number of nitrogens with one attached hydrogen (secondary N) is 1. The van der Waals surface area contributed by atoms with Gasteiger partial charge in [-0.05, 0) is 19.1 Å². The number of aromatic nitrogens is 2. The van der Waals surface area contributed by atoms with Crippen LogP contribution in [0.4, 0.5) is 5.88 Å². The Balaban J connectivity index is 2.39. The minimum atomic E-state index is 0.212. The van der Waals surface area contributed by atoms with Crippen molar-refractivity contribution in [3.8, 4) is 17.0 Å². The minimum absolute atomic E-state index is 0.212. The lowest BCUT2D eigenvalue weighted by Gasteiger charge is -1.97. The van der Waals surface area contributed by atoms with Crippen LogP contribution in [0.2, 0.25) is 0 Å². The zero-order valence-electron chi connectivity index (χ0n) is 9.19. The molecule has 0 unspecified atom stereocenters. The molecule has 4 N–H and O–H groups in total. The van der Waals surface area contributed by atoms with Crippen molar-refractivity contribution in [2.75, 3.05) is 5.73 Å². The van der Waals surface area contributed by atoms with Gasteiger partial charge in [-0.3, -0.25) is 0 Å². The van der Waals surface area contributed by atoms with E-state index >= 15 is 0 Å². The number of phenolic OH excluding ortho intramolecular Hbond substituents is 1. The zero-order valence-corrected chi connectivity index (χ0v) is 9.19. The van der Waals surface area contributed by atoms with Gasteiger partial charge in [-0.25, -0.2) is 0 Å². The van der Waals surface area contributed by atoms with E-state index in [1.165, 1.54) is 0 Å². The van der Waals surface area contributed by atoms with Crippen LogP contribution in [0.15, 0.2) is 28.8 Å². The number of nitrogens with two attached hydrogens (primary N) is 1. The Morgan fingerprint density at radius 1 is 1.41 bits per heavy atom. The van der Waals surface area contributed by atoms with E-state index in [4.69, 9.17) is 10.3 Å². The highest BCUT2D eigenvalue weighted by atomic mass is 16.5. The first-order valence-electron chi connectivity index (χ1n) is 5.19. The highest BCUT2D eigenvalue weighted by molar-refractivity contribution is 6.00. The fraction of sp³-hybridized carbons (Fsp3) is 0.0833. The second-order valence-corrected chi connectivity index (χ2v) is 3.94. The van der Waals surface area contributed by atoms with Gasteiger partial charge < -0.3 is 20.3 Å². The van der Waals surface area contributed by atoms with E-state index in [1.807, 2.05) is 13.0 Å². The predicted molar refractivity (Wildman–Crippen MR) is 64.6 cm³/mol. The highest BCUT2D eigenvalue weighted by Crippen LogP contribution is 2.37. The Kier molecular flexibility index (Phi) is 1.89. The number of phenols is 1. The maximum Gasteiger partial charge on any atom is 0.222 e. The number of fused-ring (bicyclic) bond motifs is 1. The molecule has 2 heterocycles. The second-order valence-electron chi connectivity index (χ2n) is 3.94. The topological polar surface area (TPSA) is 88.1 Å². The van der Waals surface area contributed by atoms with Crippen LogP contribution in [0.25, 0.3) is 22.2 Å². The van der Waals surface area contributed by atoms with Crippen LogP contribution in [0.1, 0.15) is 5.69 Å². The normalized spacial score (nSPS) is 11.1. The molecule has 0 amide bonds. The Labute approximate surface area is 96.8 Å². The number of aryl methyl sites for hydroxylation is 1. The number of nitrogens with zero attached hydrogens (tertiary/aromatic N) is 1. The van der Waals surface area contributed by atoms with Gasteiger partial charge in [0.15, 0.2) is 0 Å². The summed E-state index contributed by atoms with van der Waals surface area (Å²) in [5, 5.41) is 14.5. The van der Waals surface area contributed by atoms with Crippen LogP contribution < -0.4 is 5.73 Å². The summed E-state index contributed by atoms with van der Waals surface area (Å²) < 4.78 is 4.86. The van der Waals surface area contributed by atoms with Crippen molar-refractivity contribution in [2.45, 2.75) is 6.92 Å². The maximum absolute atomic E-state index is 9.92. The molecule has 0 saturated carbocycles. The molecule has 3 aromatic rings. The van der Waals surface area contributed by atoms with E-state index in [0.29, 0.717) is 5.69 Å². The average molecular weight is 229 g/mol. The van der Waals surface area contributed by atoms with Gasteiger partial charge in [-0.15, -0.1) is 0 Å². The van der Waals surface area contributed by atoms with Crippen molar-refractivity contribution >= 4 is 16.8 Å². The Morgan fingerprint density at radius 3 is 2.94 bits per heavy atom. The number of hydrogen-bond acceptors (Lipinski definition) is 4. The fourth-order valence-electron chi connectivity index (χ4n) is 2.09. The molecule has 5 nitrogen and oxygen atoms in total. The number of rotatable bonds is 1. The summed E-state index contributed by atoms with van der Waals surface area (Å²) >= 11 is 0. The third kappa shape index (κ3) is 1.36. The van der Waals surface area contributed by atoms with Crippen molar-refractivity contribution in [3.05, 3.63) is 30.0 Å². The number of anilines is 1. The molecular formula is C12H11N3O2. The Hall–Kier alpha value is -2.43. The van der Waals surface area contributed by atoms with Gasteiger partial charge in [0.25, 0.3) is 0 Å². The van der Waals surface area contributed by atoms with Gasteiger partial charge >= 0.3 is 0 Å². The zero-order chi connectivity index (χ0) is 12.0. The van der Waals surface area contributed by atoms with Gasteiger partial charge in [-0.2, -0.15) is 0 Å². The molecule has 3 rings (SSSR count). The third-order valence-corrected chi connectivity index (χ3v) is 2.77. The van der Waals surface area contributed by atoms with Gasteiger partial charge in [-0.1, -0.05) is 11.2 Å². The molecule has 86 valence electrons. The first-order chi connectivity index (χ1) is 8.16. The number of nitrogen functional groups attached to an aromatic ring is 1. The van der Waals surface area contributed by atoms with Crippen LogP contribution >= 0.6 is 0 Å². The fourth-order valence-corrected chi connectivity index (χ4v) is 2.09. The Bertz CT molecular complexity index is 697. The van der Waals surface area contributed by atoms with Crippen molar-refractivity contribution in [3.63, 3.8) is 0 Å². The van der Waals surface area contributed by atoms with Crippen LogP contribution in [0, 0.1) is 6.92 Å². The van der Waals surface area contributed by atoms with Crippen LogP contribution in [-0.4, -0.2) is 15.2 Å². The molecule has 1 aromatic carbocycles. The van der Waals surface area contributed by atoms with Gasteiger partial charge in [0, 0.05) is 17.3 Å². The first kappa shape index (κ1) is 9.77. The first-order valence-corrected chi connectivity index (χ1v) is 5.19. The summed E-state index contributed by atoms with van der Waals surface area (Å²) in [6.45, 7) is 1.92. The monoisotopic (exact) mass is 229 g/mol. The number of aromatic hydroxyl groups is 1. The average Bonchev–Trinajstić information content (AvgIpc) is 2.82. The molecule has 0 atom stereocenters. The molecular weight excluding hydrogens is 218 g/mol. The quantitative estimate of drug-likeness (QED) is 0.598. The van der Waals surface area contributed by atoms with Gasteiger partial charge in [0.05, 0.1) is 10.9 Å². The van der Waals surface area contributed by atoms with E-state index in [2.05, 4.69) is 10.1 Å². The van der Waals surface area contributed by atoms with Crippen molar-refractivity contribution < 1.29 is 9.63 Å². The SMILES string of the molecule is Cc1[nH]c2cccc(O)c2c1-c1cc(N)on1. The molecule has 2 aromatic heterocycles. The van der Waals surface area contributed by atoms with Crippen LogP contribution in [0.5, 0.6) is 5.75 Å². The standard InChI is InChI=1S/C12H11N3O2/c1-6-11(8-5-10(13)17-15-8)12-7(14-6)3-2-4-9(12)16/h2-5,14,16H,13H2,1H3. The van der Waals surface area contributed by atoms with E-state index in [9.17, 15) is 5.11 Å². The molecule has 0 saturated heterocycles.